The minimum Gasteiger partial charge on any atom is -0.327 e. The van der Waals surface area contributed by atoms with Crippen LogP contribution in [0.4, 0.5) is 0 Å². The first-order chi connectivity index (χ1) is 8.75. The second-order valence-corrected chi connectivity index (χ2v) is 5.54. The zero-order valence-corrected chi connectivity index (χ0v) is 11.2. The first kappa shape index (κ1) is 11.7. The van der Waals surface area contributed by atoms with Gasteiger partial charge in [0, 0.05) is 6.04 Å². The molecule has 0 bridgehead atoms. The maximum atomic E-state index is 4.54. The number of aromatic nitrogens is 2. The second kappa shape index (κ2) is 4.73. The van der Waals surface area contributed by atoms with E-state index < -0.39 is 0 Å². The molecule has 0 aliphatic carbocycles. The molecule has 1 aliphatic heterocycles. The van der Waals surface area contributed by atoms with Crippen LogP contribution in [0.2, 0.25) is 0 Å². The van der Waals surface area contributed by atoms with Crippen molar-refractivity contribution in [2.45, 2.75) is 38.6 Å². The highest BCUT2D eigenvalue weighted by atomic mass is 15.1. The third kappa shape index (κ3) is 2.03. The summed E-state index contributed by atoms with van der Waals surface area (Å²) in [6.45, 7) is 6.72. The fraction of sp³-hybridized carbons (Fsp3) is 0.533. The molecule has 2 aromatic rings. The van der Waals surface area contributed by atoms with Crippen LogP contribution in [0.15, 0.2) is 24.5 Å². The standard InChI is InChI=1S/C15H21N3/c1-11(2)12-3-4-14-15(9-12)18(10-17-14)13-5-7-16-8-6-13/h3-4,9-11,13,16H,5-8H2,1-2H3. The molecule has 1 fully saturated rings. The normalized spacial score (nSPS) is 17.7. The van der Waals surface area contributed by atoms with Gasteiger partial charge in [-0.05, 0) is 49.5 Å². The average Bonchev–Trinajstić information content (AvgIpc) is 2.82. The molecule has 1 saturated heterocycles. The topological polar surface area (TPSA) is 29.9 Å². The molecule has 1 aliphatic rings. The summed E-state index contributed by atoms with van der Waals surface area (Å²) in [5, 5.41) is 3.42. The minimum absolute atomic E-state index is 0.575. The third-order valence-electron chi connectivity index (χ3n) is 3.97. The van der Waals surface area contributed by atoms with Crippen molar-refractivity contribution in [3.63, 3.8) is 0 Å². The van der Waals surface area contributed by atoms with Gasteiger partial charge in [0.05, 0.1) is 17.4 Å². The van der Waals surface area contributed by atoms with Gasteiger partial charge in [-0.3, -0.25) is 0 Å². The lowest BCUT2D eigenvalue weighted by Gasteiger charge is -2.24. The SMILES string of the molecule is CC(C)c1ccc2ncn(C3CCNCC3)c2c1. The summed E-state index contributed by atoms with van der Waals surface area (Å²) in [6.07, 6.45) is 4.43. The smallest absolute Gasteiger partial charge is 0.0960 e. The molecular formula is C15H21N3. The predicted octanol–water partition coefficient (Wildman–Crippen LogP) is 3.08. The Morgan fingerprint density at radius 3 is 2.78 bits per heavy atom. The fourth-order valence-corrected chi connectivity index (χ4v) is 2.78. The van der Waals surface area contributed by atoms with Gasteiger partial charge in [-0.25, -0.2) is 4.98 Å². The van der Waals surface area contributed by atoms with Gasteiger partial charge in [0.1, 0.15) is 0 Å². The van der Waals surface area contributed by atoms with Gasteiger partial charge in [-0.1, -0.05) is 19.9 Å². The Kier molecular flexibility index (Phi) is 3.08. The predicted molar refractivity (Wildman–Crippen MR) is 75.0 cm³/mol. The molecule has 3 rings (SSSR count). The van der Waals surface area contributed by atoms with Gasteiger partial charge in [-0.15, -0.1) is 0 Å². The average molecular weight is 243 g/mol. The highest BCUT2D eigenvalue weighted by molar-refractivity contribution is 5.76. The molecule has 3 nitrogen and oxygen atoms in total. The molecule has 96 valence electrons. The van der Waals surface area contributed by atoms with Gasteiger partial charge < -0.3 is 9.88 Å². The third-order valence-corrected chi connectivity index (χ3v) is 3.97. The molecule has 0 amide bonds. The monoisotopic (exact) mass is 243 g/mol. The molecule has 1 aromatic heterocycles. The highest BCUT2D eigenvalue weighted by Crippen LogP contribution is 2.26. The quantitative estimate of drug-likeness (QED) is 0.878. The lowest BCUT2D eigenvalue weighted by molar-refractivity contribution is 0.374. The van der Waals surface area contributed by atoms with Gasteiger partial charge in [0.2, 0.25) is 0 Å². The van der Waals surface area contributed by atoms with Crippen molar-refractivity contribution in [3.8, 4) is 0 Å². The first-order valence-electron chi connectivity index (χ1n) is 6.93. The van der Waals surface area contributed by atoms with E-state index in [-0.39, 0.29) is 0 Å². The van der Waals surface area contributed by atoms with Crippen molar-refractivity contribution in [3.05, 3.63) is 30.1 Å². The summed E-state index contributed by atoms with van der Waals surface area (Å²) in [4.78, 5) is 4.54. The van der Waals surface area contributed by atoms with E-state index in [1.165, 1.54) is 23.9 Å². The fourth-order valence-electron chi connectivity index (χ4n) is 2.78. The van der Waals surface area contributed by atoms with Crippen LogP contribution in [0.5, 0.6) is 0 Å². The number of fused-ring (bicyclic) bond motifs is 1. The van der Waals surface area contributed by atoms with Crippen molar-refractivity contribution in [2.75, 3.05) is 13.1 Å². The number of rotatable bonds is 2. The molecule has 18 heavy (non-hydrogen) atoms. The van der Waals surface area contributed by atoms with E-state index in [2.05, 4.69) is 46.9 Å². The van der Waals surface area contributed by atoms with E-state index in [0.717, 1.165) is 18.6 Å². The van der Waals surface area contributed by atoms with Crippen LogP contribution in [-0.4, -0.2) is 22.6 Å². The van der Waals surface area contributed by atoms with E-state index in [4.69, 9.17) is 0 Å². The maximum Gasteiger partial charge on any atom is 0.0960 e. The molecular weight excluding hydrogens is 222 g/mol. The van der Waals surface area contributed by atoms with Crippen molar-refractivity contribution < 1.29 is 0 Å². The van der Waals surface area contributed by atoms with Gasteiger partial charge >= 0.3 is 0 Å². The minimum atomic E-state index is 0.575. The summed E-state index contributed by atoms with van der Waals surface area (Å²) in [5.41, 5.74) is 3.82. The van der Waals surface area contributed by atoms with Gasteiger partial charge in [-0.2, -0.15) is 0 Å². The lowest BCUT2D eigenvalue weighted by atomic mass is 10.0. The summed E-state index contributed by atoms with van der Waals surface area (Å²) in [6, 6.07) is 7.28. The molecule has 0 saturated carbocycles. The zero-order chi connectivity index (χ0) is 12.5. The molecule has 0 radical (unpaired) electrons. The maximum absolute atomic E-state index is 4.54. The van der Waals surface area contributed by atoms with Crippen molar-refractivity contribution in [1.29, 1.82) is 0 Å². The molecule has 0 unspecified atom stereocenters. The number of hydrogen-bond acceptors (Lipinski definition) is 2. The van der Waals surface area contributed by atoms with Crippen LogP contribution in [0.25, 0.3) is 11.0 Å². The molecule has 1 aromatic carbocycles. The largest absolute Gasteiger partial charge is 0.327 e. The van der Waals surface area contributed by atoms with Crippen LogP contribution in [0.1, 0.15) is 44.2 Å². The van der Waals surface area contributed by atoms with Crippen LogP contribution in [-0.2, 0) is 0 Å². The Morgan fingerprint density at radius 2 is 2.06 bits per heavy atom. The lowest BCUT2D eigenvalue weighted by Crippen LogP contribution is -2.29. The number of piperidine rings is 1. The first-order valence-corrected chi connectivity index (χ1v) is 6.93. The Labute approximate surface area is 108 Å². The van der Waals surface area contributed by atoms with Crippen LogP contribution < -0.4 is 5.32 Å². The molecule has 1 N–H and O–H groups in total. The Balaban J connectivity index is 2.03. The summed E-state index contributed by atoms with van der Waals surface area (Å²) in [5.74, 6) is 0.575. The van der Waals surface area contributed by atoms with Gasteiger partial charge in [0.25, 0.3) is 0 Å². The van der Waals surface area contributed by atoms with E-state index in [1.807, 2.05) is 6.33 Å². The number of benzene rings is 1. The van der Waals surface area contributed by atoms with E-state index >= 15 is 0 Å². The number of nitrogens with one attached hydrogen (secondary N) is 1. The molecule has 3 heteroatoms. The zero-order valence-electron chi connectivity index (χ0n) is 11.2. The molecule has 2 heterocycles. The number of imidazole rings is 1. The number of hydrogen-bond donors (Lipinski definition) is 1. The Morgan fingerprint density at radius 1 is 1.28 bits per heavy atom. The Hall–Kier alpha value is -1.35. The summed E-state index contributed by atoms with van der Waals surface area (Å²) < 4.78 is 2.38. The van der Waals surface area contributed by atoms with Crippen molar-refractivity contribution in [2.24, 2.45) is 0 Å². The van der Waals surface area contributed by atoms with Crippen molar-refractivity contribution in [1.82, 2.24) is 14.9 Å². The summed E-state index contributed by atoms with van der Waals surface area (Å²) in [7, 11) is 0. The van der Waals surface area contributed by atoms with E-state index in [0.29, 0.717) is 12.0 Å². The Bertz CT molecular complexity index is 536. The van der Waals surface area contributed by atoms with Crippen LogP contribution >= 0.6 is 0 Å². The highest BCUT2D eigenvalue weighted by Gasteiger charge is 2.17. The van der Waals surface area contributed by atoms with Gasteiger partial charge in [0.15, 0.2) is 0 Å². The number of nitrogens with zero attached hydrogens (tertiary/aromatic N) is 2. The molecule has 0 spiro atoms. The van der Waals surface area contributed by atoms with Crippen molar-refractivity contribution >= 4 is 11.0 Å². The molecule has 0 atom stereocenters. The van der Waals surface area contributed by atoms with E-state index in [9.17, 15) is 0 Å². The summed E-state index contributed by atoms with van der Waals surface area (Å²) >= 11 is 0. The van der Waals surface area contributed by atoms with Crippen LogP contribution in [0.3, 0.4) is 0 Å². The van der Waals surface area contributed by atoms with E-state index in [1.54, 1.807) is 0 Å². The van der Waals surface area contributed by atoms with Crippen LogP contribution in [0, 0.1) is 0 Å². The second-order valence-electron chi connectivity index (χ2n) is 5.54.